The largest absolute Gasteiger partial charge is 0.444 e. The van der Waals surface area contributed by atoms with Gasteiger partial charge in [0.05, 0.1) is 11.6 Å². The van der Waals surface area contributed by atoms with Crippen molar-refractivity contribution in [2.45, 2.75) is 71.1 Å². The van der Waals surface area contributed by atoms with Gasteiger partial charge in [-0.1, -0.05) is 0 Å². The number of methoxy groups -OCH3 is 1. The Bertz CT molecular complexity index is 464. The lowest BCUT2D eigenvalue weighted by atomic mass is 10.0. The molecule has 0 aromatic carbocycles. The summed E-state index contributed by atoms with van der Waals surface area (Å²) in [4.78, 5) is 18.5. The molecule has 154 valence electrons. The van der Waals surface area contributed by atoms with Crippen LogP contribution in [0, 0.1) is 0 Å². The van der Waals surface area contributed by atoms with Gasteiger partial charge in [-0.2, -0.15) is 0 Å². The number of ether oxygens (including phenoxy) is 2. The first-order valence-corrected chi connectivity index (χ1v) is 9.07. The molecule has 0 aromatic rings. The SMILES string of the molecule is CN=C(NCC1CCCCN1C(=O)OC(C)(C)C)NCC(C)(C)OC.I. The fourth-order valence-electron chi connectivity index (χ4n) is 2.58. The van der Waals surface area contributed by atoms with Gasteiger partial charge in [-0.15, -0.1) is 24.0 Å². The minimum Gasteiger partial charge on any atom is -0.444 e. The Labute approximate surface area is 175 Å². The van der Waals surface area contributed by atoms with Gasteiger partial charge in [0.2, 0.25) is 0 Å². The van der Waals surface area contributed by atoms with Crippen LogP contribution in [0.25, 0.3) is 0 Å². The van der Waals surface area contributed by atoms with E-state index < -0.39 is 5.60 Å². The molecule has 1 fully saturated rings. The highest BCUT2D eigenvalue weighted by molar-refractivity contribution is 14.0. The summed E-state index contributed by atoms with van der Waals surface area (Å²) in [6.07, 6.45) is 2.87. The number of piperidine rings is 1. The number of carbonyl (C=O) groups excluding carboxylic acids is 1. The van der Waals surface area contributed by atoms with Gasteiger partial charge < -0.3 is 25.0 Å². The third-order valence-corrected chi connectivity index (χ3v) is 4.22. The molecule has 1 rings (SSSR count). The summed E-state index contributed by atoms with van der Waals surface area (Å²) < 4.78 is 11.0. The van der Waals surface area contributed by atoms with Crippen LogP contribution in [0.5, 0.6) is 0 Å². The number of nitrogens with one attached hydrogen (secondary N) is 2. The molecule has 0 bridgehead atoms. The van der Waals surface area contributed by atoms with Gasteiger partial charge in [-0.25, -0.2) is 4.79 Å². The molecule has 1 unspecified atom stereocenters. The Morgan fingerprint density at radius 3 is 2.38 bits per heavy atom. The molecule has 1 aliphatic rings. The van der Waals surface area contributed by atoms with E-state index in [2.05, 4.69) is 15.6 Å². The van der Waals surface area contributed by atoms with Crippen LogP contribution >= 0.6 is 24.0 Å². The van der Waals surface area contributed by atoms with E-state index in [1.165, 1.54) is 0 Å². The molecular weight excluding hydrogens is 447 g/mol. The number of amides is 1. The third-order valence-electron chi connectivity index (χ3n) is 4.22. The second kappa shape index (κ2) is 11.2. The molecule has 0 saturated carbocycles. The van der Waals surface area contributed by atoms with E-state index in [9.17, 15) is 4.79 Å². The Balaban J connectivity index is 0.00000625. The number of halogens is 1. The van der Waals surface area contributed by atoms with Crippen molar-refractivity contribution in [2.75, 3.05) is 33.8 Å². The van der Waals surface area contributed by atoms with Crippen LogP contribution < -0.4 is 10.6 Å². The molecule has 0 aromatic heterocycles. The summed E-state index contributed by atoms with van der Waals surface area (Å²) >= 11 is 0. The van der Waals surface area contributed by atoms with E-state index in [1.54, 1.807) is 14.2 Å². The highest BCUT2D eigenvalue weighted by Gasteiger charge is 2.30. The molecule has 0 aliphatic carbocycles. The van der Waals surface area contributed by atoms with Gasteiger partial charge in [-0.3, -0.25) is 4.99 Å². The third kappa shape index (κ3) is 9.25. The number of likely N-dealkylation sites (tertiary alicyclic amines) is 1. The quantitative estimate of drug-likeness (QED) is 0.357. The van der Waals surface area contributed by atoms with Crippen LogP contribution in [-0.2, 0) is 9.47 Å². The normalized spacial score (nSPS) is 18.8. The zero-order valence-electron chi connectivity index (χ0n) is 17.3. The van der Waals surface area contributed by atoms with Gasteiger partial charge >= 0.3 is 6.09 Å². The van der Waals surface area contributed by atoms with Gasteiger partial charge in [0, 0.05) is 33.8 Å². The number of rotatable bonds is 5. The van der Waals surface area contributed by atoms with Gasteiger partial charge in [0.25, 0.3) is 0 Å². The smallest absolute Gasteiger partial charge is 0.410 e. The summed E-state index contributed by atoms with van der Waals surface area (Å²) in [7, 11) is 3.43. The fraction of sp³-hybridized carbons (Fsp3) is 0.889. The van der Waals surface area contributed by atoms with Crippen LogP contribution in [-0.4, -0.2) is 68.0 Å². The molecule has 26 heavy (non-hydrogen) atoms. The number of guanidine groups is 1. The summed E-state index contributed by atoms with van der Waals surface area (Å²) in [5.41, 5.74) is -0.749. The molecule has 8 heteroatoms. The number of carbonyl (C=O) groups is 1. The highest BCUT2D eigenvalue weighted by Crippen LogP contribution is 2.20. The maximum atomic E-state index is 12.4. The zero-order chi connectivity index (χ0) is 19.1. The monoisotopic (exact) mass is 484 g/mol. The van der Waals surface area contributed by atoms with E-state index in [4.69, 9.17) is 9.47 Å². The first-order chi connectivity index (χ1) is 11.6. The Hall–Kier alpha value is -0.770. The maximum Gasteiger partial charge on any atom is 0.410 e. The molecule has 2 N–H and O–H groups in total. The van der Waals surface area contributed by atoms with Crippen LogP contribution in [0.1, 0.15) is 53.9 Å². The average Bonchev–Trinajstić information content (AvgIpc) is 2.53. The van der Waals surface area contributed by atoms with Crippen LogP contribution in [0.15, 0.2) is 4.99 Å². The van der Waals surface area contributed by atoms with Crippen molar-refractivity contribution in [2.24, 2.45) is 4.99 Å². The summed E-state index contributed by atoms with van der Waals surface area (Å²) in [5.74, 6) is 0.708. The first-order valence-electron chi connectivity index (χ1n) is 9.07. The standard InChI is InChI=1S/C18H36N4O3.HI/c1-17(2,3)25-16(23)22-11-9-8-10-14(22)12-20-15(19-6)21-13-18(4,5)24-7;/h14H,8-13H2,1-7H3,(H2,19,20,21);1H. The first kappa shape index (κ1) is 25.2. The van der Waals surface area contributed by atoms with E-state index in [0.717, 1.165) is 25.8 Å². The lowest BCUT2D eigenvalue weighted by Gasteiger charge is -2.37. The molecule has 0 radical (unpaired) electrons. The fourth-order valence-corrected chi connectivity index (χ4v) is 2.58. The number of nitrogens with zero attached hydrogens (tertiary/aromatic N) is 2. The lowest BCUT2D eigenvalue weighted by Crippen LogP contribution is -2.53. The van der Waals surface area contributed by atoms with Gasteiger partial charge in [0.1, 0.15) is 5.60 Å². The second-order valence-corrected chi connectivity index (χ2v) is 8.09. The number of hydrogen-bond acceptors (Lipinski definition) is 4. The van der Waals surface area contributed by atoms with Crippen molar-refractivity contribution >= 4 is 36.0 Å². The van der Waals surface area contributed by atoms with E-state index in [0.29, 0.717) is 19.0 Å². The Morgan fingerprint density at radius 1 is 1.19 bits per heavy atom. The Kier molecular flexibility index (Phi) is 10.8. The molecule has 1 heterocycles. The molecule has 1 atom stereocenters. The van der Waals surface area contributed by atoms with Crippen molar-refractivity contribution in [1.82, 2.24) is 15.5 Å². The topological polar surface area (TPSA) is 75.2 Å². The highest BCUT2D eigenvalue weighted by atomic mass is 127. The molecule has 1 saturated heterocycles. The summed E-state index contributed by atoms with van der Waals surface area (Å²) in [5, 5.41) is 6.58. The van der Waals surface area contributed by atoms with E-state index in [-0.39, 0.29) is 41.7 Å². The minimum atomic E-state index is -0.476. The van der Waals surface area contributed by atoms with E-state index in [1.807, 2.05) is 39.5 Å². The summed E-state index contributed by atoms with van der Waals surface area (Å²) in [6.45, 7) is 11.7. The van der Waals surface area contributed by atoms with Crippen molar-refractivity contribution in [1.29, 1.82) is 0 Å². The van der Waals surface area contributed by atoms with Crippen molar-refractivity contribution in [3.63, 3.8) is 0 Å². The van der Waals surface area contributed by atoms with Gasteiger partial charge in [0.15, 0.2) is 5.96 Å². The van der Waals surface area contributed by atoms with E-state index >= 15 is 0 Å². The molecular formula is C18H37IN4O3. The van der Waals surface area contributed by atoms with Crippen LogP contribution in [0.2, 0.25) is 0 Å². The van der Waals surface area contributed by atoms with Crippen LogP contribution in [0.4, 0.5) is 4.79 Å². The lowest BCUT2D eigenvalue weighted by molar-refractivity contribution is 0.0104. The molecule has 1 aliphatic heterocycles. The average molecular weight is 484 g/mol. The predicted molar refractivity (Wildman–Crippen MR) is 116 cm³/mol. The minimum absolute atomic E-state index is 0. The Morgan fingerprint density at radius 2 is 1.85 bits per heavy atom. The predicted octanol–water partition coefficient (Wildman–Crippen LogP) is 2.98. The van der Waals surface area contributed by atoms with Crippen molar-refractivity contribution in [3.8, 4) is 0 Å². The van der Waals surface area contributed by atoms with Crippen molar-refractivity contribution in [3.05, 3.63) is 0 Å². The molecule has 0 spiro atoms. The second-order valence-electron chi connectivity index (χ2n) is 8.09. The summed E-state index contributed by atoms with van der Waals surface area (Å²) in [6, 6.07) is 0.109. The number of aliphatic imine (C=N–C) groups is 1. The van der Waals surface area contributed by atoms with Crippen molar-refractivity contribution < 1.29 is 14.3 Å². The molecule has 7 nitrogen and oxygen atoms in total. The van der Waals surface area contributed by atoms with Crippen LogP contribution in [0.3, 0.4) is 0 Å². The van der Waals surface area contributed by atoms with Gasteiger partial charge in [-0.05, 0) is 53.9 Å². The molecule has 1 amide bonds. The zero-order valence-corrected chi connectivity index (χ0v) is 19.7. The maximum absolute atomic E-state index is 12.4. The number of hydrogen-bond donors (Lipinski definition) is 2.